The number of fused-ring (bicyclic) bond motifs is 1. The molecule has 0 bridgehead atoms. The maximum absolute atomic E-state index is 12.5. The topological polar surface area (TPSA) is 63.9 Å². The van der Waals surface area contributed by atoms with Gasteiger partial charge in [0, 0.05) is 48.8 Å². The molecule has 0 radical (unpaired) electrons. The molecular weight excluding hydrogens is 368 g/mol. The molecule has 1 amide bonds. The number of rotatable bonds is 7. The summed E-state index contributed by atoms with van der Waals surface area (Å²) in [7, 11) is 0. The first-order chi connectivity index (χ1) is 13.9. The fourth-order valence-electron chi connectivity index (χ4n) is 3.72. The molecule has 0 spiro atoms. The van der Waals surface area contributed by atoms with Crippen molar-refractivity contribution in [2.45, 2.75) is 34.6 Å². The molecule has 1 N–H and O–H groups in total. The molecule has 29 heavy (non-hydrogen) atoms. The normalized spacial score (nSPS) is 15.7. The fourth-order valence-corrected chi connectivity index (χ4v) is 3.72. The van der Waals surface area contributed by atoms with E-state index in [2.05, 4.69) is 23.2 Å². The molecule has 2 heterocycles. The molecule has 1 fully saturated rings. The van der Waals surface area contributed by atoms with E-state index in [1.54, 1.807) is 6.08 Å². The highest BCUT2D eigenvalue weighted by molar-refractivity contribution is 5.98. The van der Waals surface area contributed by atoms with Crippen LogP contribution in [0.4, 0.5) is 0 Å². The van der Waals surface area contributed by atoms with Crippen LogP contribution in [0, 0.1) is 20.8 Å². The van der Waals surface area contributed by atoms with Gasteiger partial charge in [-0.1, -0.05) is 0 Å². The van der Waals surface area contributed by atoms with Crippen molar-refractivity contribution in [1.82, 2.24) is 10.2 Å². The zero-order valence-corrected chi connectivity index (χ0v) is 18.2. The number of furan rings is 1. The van der Waals surface area contributed by atoms with E-state index in [4.69, 9.17) is 13.9 Å². The Morgan fingerprint density at radius 2 is 1.97 bits per heavy atom. The molecule has 1 aromatic heterocycles. The number of nitrogens with zero attached hydrogens (tertiary/aromatic N) is 1. The van der Waals surface area contributed by atoms with Gasteiger partial charge in [0.15, 0.2) is 0 Å². The minimum absolute atomic E-state index is 0.0870. The number of morpholine rings is 1. The van der Waals surface area contributed by atoms with Crippen LogP contribution < -0.4 is 10.1 Å². The molecule has 2 aromatic rings. The standard InChI is InChI=1S/C23H32N2O4/c1-6-28-22-17(4)23-20(16(3)18(5)29-23)14-19(22)15(2)13-21(26)24-7-8-25-9-11-27-12-10-25/h13-14H,6-12H2,1-5H3,(H,24,26)/b15-13+. The lowest BCUT2D eigenvalue weighted by atomic mass is 9.98. The summed E-state index contributed by atoms with van der Waals surface area (Å²) in [4.78, 5) is 14.8. The Kier molecular flexibility index (Phi) is 6.98. The second-order valence-electron chi connectivity index (χ2n) is 7.54. The van der Waals surface area contributed by atoms with Crippen LogP contribution in [0.15, 0.2) is 16.6 Å². The van der Waals surface area contributed by atoms with Gasteiger partial charge in [-0.3, -0.25) is 9.69 Å². The molecule has 158 valence electrons. The van der Waals surface area contributed by atoms with E-state index >= 15 is 0 Å². The van der Waals surface area contributed by atoms with Crippen molar-refractivity contribution in [1.29, 1.82) is 0 Å². The summed E-state index contributed by atoms with van der Waals surface area (Å²) in [5, 5.41) is 4.06. The third kappa shape index (κ3) is 4.82. The summed E-state index contributed by atoms with van der Waals surface area (Å²) in [6.45, 7) is 15.3. The van der Waals surface area contributed by atoms with Crippen LogP contribution in [0.1, 0.15) is 36.3 Å². The number of hydrogen-bond donors (Lipinski definition) is 1. The molecule has 6 nitrogen and oxygen atoms in total. The molecule has 1 aromatic carbocycles. The molecule has 6 heteroatoms. The Hall–Kier alpha value is -2.31. The van der Waals surface area contributed by atoms with Gasteiger partial charge in [-0.15, -0.1) is 0 Å². The number of nitrogens with one attached hydrogen (secondary N) is 1. The summed E-state index contributed by atoms with van der Waals surface area (Å²) >= 11 is 0. The van der Waals surface area contributed by atoms with Crippen molar-refractivity contribution in [3.8, 4) is 5.75 Å². The maximum atomic E-state index is 12.5. The summed E-state index contributed by atoms with van der Waals surface area (Å²) in [5.74, 6) is 1.60. The molecule has 0 atom stereocenters. The average molecular weight is 401 g/mol. The molecule has 3 rings (SSSR count). The van der Waals surface area contributed by atoms with Crippen LogP contribution in [-0.4, -0.2) is 56.8 Å². The predicted octanol–water partition coefficient (Wildman–Crippen LogP) is 3.61. The second kappa shape index (κ2) is 9.46. The number of carbonyl (C=O) groups is 1. The molecule has 0 aliphatic carbocycles. The minimum atomic E-state index is -0.0870. The van der Waals surface area contributed by atoms with Gasteiger partial charge >= 0.3 is 0 Å². The van der Waals surface area contributed by atoms with Gasteiger partial charge in [0.05, 0.1) is 19.8 Å². The Bertz CT molecular complexity index is 907. The van der Waals surface area contributed by atoms with E-state index < -0.39 is 0 Å². The lowest BCUT2D eigenvalue weighted by molar-refractivity contribution is -0.116. The number of carbonyl (C=O) groups excluding carboxylic acids is 1. The average Bonchev–Trinajstić information content (AvgIpc) is 2.99. The van der Waals surface area contributed by atoms with Crippen molar-refractivity contribution >= 4 is 22.4 Å². The van der Waals surface area contributed by atoms with Gasteiger partial charge in [-0.05, 0) is 51.8 Å². The summed E-state index contributed by atoms with van der Waals surface area (Å²) in [6, 6.07) is 2.08. The molecule has 0 saturated carbocycles. The predicted molar refractivity (Wildman–Crippen MR) is 116 cm³/mol. The van der Waals surface area contributed by atoms with Gasteiger partial charge in [0.2, 0.25) is 5.91 Å². The highest BCUT2D eigenvalue weighted by atomic mass is 16.5. The van der Waals surface area contributed by atoms with Crippen molar-refractivity contribution in [3.05, 3.63) is 34.6 Å². The second-order valence-corrected chi connectivity index (χ2v) is 7.54. The van der Waals surface area contributed by atoms with Gasteiger partial charge in [0.25, 0.3) is 0 Å². The van der Waals surface area contributed by atoms with E-state index in [1.807, 2.05) is 27.7 Å². The van der Waals surface area contributed by atoms with Gasteiger partial charge < -0.3 is 19.2 Å². The summed E-state index contributed by atoms with van der Waals surface area (Å²) < 4.78 is 17.2. The molecule has 1 saturated heterocycles. The molecule has 1 aliphatic rings. The molecular formula is C23H32N2O4. The number of benzene rings is 1. The zero-order valence-electron chi connectivity index (χ0n) is 18.2. The Morgan fingerprint density at radius 1 is 1.24 bits per heavy atom. The monoisotopic (exact) mass is 400 g/mol. The zero-order chi connectivity index (χ0) is 21.0. The summed E-state index contributed by atoms with van der Waals surface area (Å²) in [5.41, 5.74) is 4.76. The number of amides is 1. The lowest BCUT2D eigenvalue weighted by Gasteiger charge is -2.26. The van der Waals surface area contributed by atoms with Crippen LogP contribution >= 0.6 is 0 Å². The molecule has 1 aliphatic heterocycles. The van der Waals surface area contributed by atoms with E-state index in [0.717, 1.165) is 77.6 Å². The lowest BCUT2D eigenvalue weighted by Crippen LogP contribution is -2.41. The van der Waals surface area contributed by atoms with E-state index in [-0.39, 0.29) is 5.91 Å². The minimum Gasteiger partial charge on any atom is -0.493 e. The SMILES string of the molecule is CCOc1c(/C(C)=C/C(=O)NCCN2CCOCC2)cc2c(C)c(C)oc2c1C. The van der Waals surface area contributed by atoms with Gasteiger partial charge in [0.1, 0.15) is 17.1 Å². The highest BCUT2D eigenvalue weighted by Gasteiger charge is 2.19. The van der Waals surface area contributed by atoms with Crippen LogP contribution in [0.25, 0.3) is 16.5 Å². The number of allylic oxidation sites excluding steroid dienone is 1. The van der Waals surface area contributed by atoms with Crippen molar-refractivity contribution in [2.24, 2.45) is 0 Å². The van der Waals surface area contributed by atoms with E-state index in [0.29, 0.717) is 13.2 Å². The summed E-state index contributed by atoms with van der Waals surface area (Å²) in [6.07, 6.45) is 1.66. The third-order valence-corrected chi connectivity index (χ3v) is 5.54. The van der Waals surface area contributed by atoms with Crippen LogP contribution in [0.5, 0.6) is 5.75 Å². The quantitative estimate of drug-likeness (QED) is 0.720. The highest BCUT2D eigenvalue weighted by Crippen LogP contribution is 2.38. The maximum Gasteiger partial charge on any atom is 0.244 e. The van der Waals surface area contributed by atoms with E-state index in [9.17, 15) is 4.79 Å². The Labute approximate surface area is 172 Å². The molecule has 0 unspecified atom stereocenters. The van der Waals surface area contributed by atoms with E-state index in [1.165, 1.54) is 0 Å². The number of aryl methyl sites for hydroxylation is 3. The third-order valence-electron chi connectivity index (χ3n) is 5.54. The van der Waals surface area contributed by atoms with Crippen molar-refractivity contribution < 1.29 is 18.7 Å². The number of hydrogen-bond acceptors (Lipinski definition) is 5. The Balaban J connectivity index is 1.79. The van der Waals surface area contributed by atoms with Crippen molar-refractivity contribution in [2.75, 3.05) is 46.0 Å². The smallest absolute Gasteiger partial charge is 0.244 e. The first-order valence-corrected chi connectivity index (χ1v) is 10.3. The fraction of sp³-hybridized carbons (Fsp3) is 0.522. The van der Waals surface area contributed by atoms with Gasteiger partial charge in [-0.2, -0.15) is 0 Å². The van der Waals surface area contributed by atoms with Crippen LogP contribution in [-0.2, 0) is 9.53 Å². The van der Waals surface area contributed by atoms with Crippen LogP contribution in [0.3, 0.4) is 0 Å². The first kappa shape index (κ1) is 21.4. The largest absolute Gasteiger partial charge is 0.493 e. The van der Waals surface area contributed by atoms with Crippen LogP contribution in [0.2, 0.25) is 0 Å². The van der Waals surface area contributed by atoms with Gasteiger partial charge in [-0.25, -0.2) is 0 Å². The van der Waals surface area contributed by atoms with Crippen molar-refractivity contribution in [3.63, 3.8) is 0 Å². The Morgan fingerprint density at radius 3 is 2.66 bits per heavy atom. The first-order valence-electron chi connectivity index (χ1n) is 10.3. The number of ether oxygens (including phenoxy) is 2.